The van der Waals surface area contributed by atoms with Gasteiger partial charge in [0.05, 0.1) is 24.8 Å². The van der Waals surface area contributed by atoms with Gasteiger partial charge in [-0.25, -0.2) is 9.59 Å². The fourth-order valence-electron chi connectivity index (χ4n) is 2.12. The van der Waals surface area contributed by atoms with Crippen LogP contribution in [-0.2, 0) is 9.47 Å². The predicted octanol–water partition coefficient (Wildman–Crippen LogP) is 3.47. The van der Waals surface area contributed by atoms with E-state index in [1.165, 1.54) is 7.11 Å². The minimum atomic E-state index is -0.301. The molecule has 0 atom stereocenters. The number of carbonyl (C=O) groups excluding carboxylic acids is 2. The van der Waals surface area contributed by atoms with Gasteiger partial charge in [-0.1, -0.05) is 0 Å². The van der Waals surface area contributed by atoms with Crippen molar-refractivity contribution in [2.45, 2.75) is 6.92 Å². The summed E-state index contributed by atoms with van der Waals surface area (Å²) in [7, 11) is 9.20. The van der Waals surface area contributed by atoms with Crippen LogP contribution in [-0.4, -0.2) is 53.8 Å². The molecule has 0 fully saturated rings. The number of carbonyl (C=O) groups is 2. The molecule has 0 aromatic heterocycles. The largest absolute Gasteiger partial charge is 0.465 e. The summed E-state index contributed by atoms with van der Waals surface area (Å²) in [5, 5.41) is 0. The topological polar surface area (TPSA) is 59.1 Å². The molecular weight excluding hydrogens is 344 g/mol. The first-order chi connectivity index (χ1) is 12.8. The lowest BCUT2D eigenvalue weighted by Crippen LogP contribution is -2.09. The molecule has 0 aliphatic rings. The quantitative estimate of drug-likeness (QED) is 0.749. The zero-order valence-electron chi connectivity index (χ0n) is 16.9. The van der Waals surface area contributed by atoms with Crippen molar-refractivity contribution in [3.8, 4) is 0 Å². The molecule has 0 amide bonds. The Hall–Kier alpha value is -3.02. The van der Waals surface area contributed by atoms with E-state index in [-0.39, 0.29) is 11.9 Å². The summed E-state index contributed by atoms with van der Waals surface area (Å²) in [6, 6.07) is 14.6. The number of methoxy groups -OCH3 is 1. The Kier molecular flexibility index (Phi) is 8.85. The molecule has 6 nitrogen and oxygen atoms in total. The predicted molar refractivity (Wildman–Crippen MR) is 109 cm³/mol. The van der Waals surface area contributed by atoms with Crippen molar-refractivity contribution in [2.75, 3.05) is 51.7 Å². The molecule has 146 valence electrons. The van der Waals surface area contributed by atoms with Gasteiger partial charge in [0.15, 0.2) is 0 Å². The molecule has 0 N–H and O–H groups in total. The number of anilines is 2. The van der Waals surface area contributed by atoms with Gasteiger partial charge in [0.25, 0.3) is 0 Å². The van der Waals surface area contributed by atoms with Crippen molar-refractivity contribution in [3.05, 3.63) is 59.7 Å². The second-order valence-electron chi connectivity index (χ2n) is 6.09. The minimum Gasteiger partial charge on any atom is -0.465 e. The molecular formula is C21H28N2O4. The average Bonchev–Trinajstić information content (AvgIpc) is 2.68. The number of benzene rings is 2. The summed E-state index contributed by atoms with van der Waals surface area (Å²) in [6.45, 7) is 2.21. The van der Waals surface area contributed by atoms with E-state index < -0.39 is 0 Å². The van der Waals surface area contributed by atoms with Gasteiger partial charge in [0, 0.05) is 39.6 Å². The highest BCUT2D eigenvalue weighted by Crippen LogP contribution is 2.13. The molecule has 0 heterocycles. The Bertz CT molecular complexity index is 723. The molecule has 6 heteroatoms. The number of rotatable bonds is 5. The highest BCUT2D eigenvalue weighted by molar-refractivity contribution is 5.90. The lowest BCUT2D eigenvalue weighted by molar-refractivity contribution is 0.0525. The maximum absolute atomic E-state index is 11.3. The molecule has 27 heavy (non-hydrogen) atoms. The van der Waals surface area contributed by atoms with E-state index in [1.807, 2.05) is 62.3 Å². The molecule has 2 aromatic carbocycles. The zero-order valence-corrected chi connectivity index (χ0v) is 16.9. The van der Waals surface area contributed by atoms with Gasteiger partial charge in [-0.3, -0.25) is 0 Å². The van der Waals surface area contributed by atoms with Gasteiger partial charge in [-0.15, -0.1) is 0 Å². The first-order valence-corrected chi connectivity index (χ1v) is 8.60. The summed E-state index contributed by atoms with van der Waals surface area (Å²) < 4.78 is 9.46. The Morgan fingerprint density at radius 3 is 1.41 bits per heavy atom. The summed E-state index contributed by atoms with van der Waals surface area (Å²) >= 11 is 0. The fourth-order valence-corrected chi connectivity index (χ4v) is 2.12. The molecule has 2 rings (SSSR count). The number of hydrogen-bond donors (Lipinski definition) is 0. The normalized spacial score (nSPS) is 9.56. The zero-order chi connectivity index (χ0) is 20.4. The molecule has 0 spiro atoms. The van der Waals surface area contributed by atoms with Crippen LogP contribution in [0.25, 0.3) is 0 Å². The van der Waals surface area contributed by atoms with Crippen molar-refractivity contribution >= 4 is 23.3 Å². The third-order valence-corrected chi connectivity index (χ3v) is 3.70. The van der Waals surface area contributed by atoms with Gasteiger partial charge < -0.3 is 19.3 Å². The molecule has 0 radical (unpaired) electrons. The molecule has 0 aliphatic carbocycles. The van der Waals surface area contributed by atoms with Gasteiger partial charge in [-0.2, -0.15) is 0 Å². The van der Waals surface area contributed by atoms with E-state index in [1.54, 1.807) is 31.2 Å². The van der Waals surface area contributed by atoms with Crippen LogP contribution in [0, 0.1) is 0 Å². The minimum absolute atomic E-state index is 0.266. The Morgan fingerprint density at radius 2 is 1.11 bits per heavy atom. The van der Waals surface area contributed by atoms with Crippen LogP contribution in [0.2, 0.25) is 0 Å². The molecule has 0 bridgehead atoms. The standard InChI is InChI=1S/C11H15NO2.C10H13NO2/c1-4-14-11(13)9-5-7-10(8-6-9)12(2)3;1-11(2)9-6-4-8(5-7-9)10(12)13-3/h5-8H,4H2,1-3H3;4-7H,1-3H3. The van der Waals surface area contributed by atoms with Crippen LogP contribution >= 0.6 is 0 Å². The van der Waals surface area contributed by atoms with Gasteiger partial charge in [-0.05, 0) is 55.5 Å². The Labute approximate surface area is 161 Å². The Morgan fingerprint density at radius 1 is 0.741 bits per heavy atom. The summed E-state index contributed by atoms with van der Waals surface area (Å²) in [4.78, 5) is 26.3. The molecule has 2 aromatic rings. The lowest BCUT2D eigenvalue weighted by Gasteiger charge is -2.12. The second kappa shape index (κ2) is 10.9. The van der Waals surface area contributed by atoms with Crippen LogP contribution in [0.15, 0.2) is 48.5 Å². The maximum Gasteiger partial charge on any atom is 0.338 e. The van der Waals surface area contributed by atoms with Crippen molar-refractivity contribution in [1.82, 2.24) is 0 Å². The first kappa shape index (κ1) is 22.0. The molecule has 0 unspecified atom stereocenters. The molecule has 0 aliphatic heterocycles. The number of nitrogens with zero attached hydrogens (tertiary/aromatic N) is 2. The maximum atomic E-state index is 11.3. The van der Waals surface area contributed by atoms with Gasteiger partial charge in [0.2, 0.25) is 0 Å². The molecule has 0 saturated heterocycles. The highest BCUT2D eigenvalue weighted by Gasteiger charge is 2.06. The van der Waals surface area contributed by atoms with Crippen LogP contribution in [0.4, 0.5) is 11.4 Å². The monoisotopic (exact) mass is 372 g/mol. The highest BCUT2D eigenvalue weighted by atomic mass is 16.5. The van der Waals surface area contributed by atoms with Crippen LogP contribution < -0.4 is 9.80 Å². The van der Waals surface area contributed by atoms with Gasteiger partial charge in [0.1, 0.15) is 0 Å². The van der Waals surface area contributed by atoms with Crippen molar-refractivity contribution < 1.29 is 19.1 Å². The summed E-state index contributed by atoms with van der Waals surface area (Å²) in [5.74, 6) is -0.567. The fraction of sp³-hybridized carbons (Fsp3) is 0.333. The molecule has 0 saturated carbocycles. The van der Waals surface area contributed by atoms with Crippen LogP contribution in [0.3, 0.4) is 0 Å². The summed E-state index contributed by atoms with van der Waals surface area (Å²) in [5.41, 5.74) is 3.30. The second-order valence-corrected chi connectivity index (χ2v) is 6.09. The third kappa shape index (κ3) is 7.01. The van der Waals surface area contributed by atoms with Crippen molar-refractivity contribution in [1.29, 1.82) is 0 Å². The van der Waals surface area contributed by atoms with Crippen LogP contribution in [0.1, 0.15) is 27.6 Å². The first-order valence-electron chi connectivity index (χ1n) is 8.60. The van der Waals surface area contributed by atoms with Crippen molar-refractivity contribution in [2.24, 2.45) is 0 Å². The summed E-state index contributed by atoms with van der Waals surface area (Å²) in [6.07, 6.45) is 0. The number of ether oxygens (including phenoxy) is 2. The lowest BCUT2D eigenvalue weighted by atomic mass is 10.2. The number of esters is 2. The van der Waals surface area contributed by atoms with E-state index in [9.17, 15) is 9.59 Å². The third-order valence-electron chi connectivity index (χ3n) is 3.70. The smallest absolute Gasteiger partial charge is 0.338 e. The van der Waals surface area contributed by atoms with Gasteiger partial charge >= 0.3 is 11.9 Å². The number of hydrogen-bond acceptors (Lipinski definition) is 6. The average molecular weight is 372 g/mol. The van der Waals surface area contributed by atoms with Crippen LogP contribution in [0.5, 0.6) is 0 Å². The SMILES string of the molecule is CCOC(=O)c1ccc(N(C)C)cc1.COC(=O)c1ccc(N(C)C)cc1. The van der Waals surface area contributed by atoms with E-state index in [0.29, 0.717) is 17.7 Å². The van der Waals surface area contributed by atoms with E-state index >= 15 is 0 Å². The van der Waals surface area contributed by atoms with E-state index in [0.717, 1.165) is 11.4 Å². The van der Waals surface area contributed by atoms with E-state index in [2.05, 4.69) is 4.74 Å². The van der Waals surface area contributed by atoms with E-state index in [4.69, 9.17) is 4.74 Å². The van der Waals surface area contributed by atoms with Crippen molar-refractivity contribution in [3.63, 3.8) is 0 Å². The Balaban J connectivity index is 0.000000271.